The van der Waals surface area contributed by atoms with Gasteiger partial charge in [0.1, 0.15) is 0 Å². The molecule has 1 aromatic heterocycles. The number of hydrogen-bond donors (Lipinski definition) is 0. The molecule has 0 bridgehead atoms. The summed E-state index contributed by atoms with van der Waals surface area (Å²) in [7, 11) is 8.27. The Balaban J connectivity index is 2.13. The Kier molecular flexibility index (Phi) is 5.68. The number of aromatic nitrogens is 2. The van der Waals surface area contributed by atoms with Gasteiger partial charge in [0.15, 0.2) is 11.5 Å². The first-order valence-electron chi connectivity index (χ1n) is 7.48. The molecule has 0 unspecified atom stereocenters. The van der Waals surface area contributed by atoms with Gasteiger partial charge in [0.05, 0.1) is 33.9 Å². The smallest absolute Gasteiger partial charge is 0.227 e. The Morgan fingerprint density at radius 2 is 1.75 bits per heavy atom. The highest BCUT2D eigenvalue weighted by Crippen LogP contribution is 2.38. The Hall–Kier alpha value is -2.70. The Morgan fingerprint density at radius 1 is 1.12 bits per heavy atom. The van der Waals surface area contributed by atoms with Crippen LogP contribution in [0.4, 0.5) is 0 Å². The topological polar surface area (TPSA) is 65.8 Å². The minimum absolute atomic E-state index is 0.00636. The molecule has 0 saturated heterocycles. The zero-order valence-corrected chi connectivity index (χ0v) is 14.7. The summed E-state index contributed by atoms with van der Waals surface area (Å²) >= 11 is 0. The van der Waals surface area contributed by atoms with Gasteiger partial charge in [-0.05, 0) is 17.7 Å². The van der Waals surface area contributed by atoms with Crippen LogP contribution in [0.3, 0.4) is 0 Å². The Bertz CT molecular complexity index is 687. The fourth-order valence-electron chi connectivity index (χ4n) is 2.46. The van der Waals surface area contributed by atoms with E-state index in [4.69, 9.17) is 14.2 Å². The van der Waals surface area contributed by atoms with Crippen LogP contribution in [0.5, 0.6) is 17.2 Å². The molecule has 2 aromatic rings. The van der Waals surface area contributed by atoms with E-state index >= 15 is 0 Å². The van der Waals surface area contributed by atoms with Crippen molar-refractivity contribution in [2.24, 2.45) is 7.05 Å². The zero-order valence-electron chi connectivity index (χ0n) is 14.7. The number of likely N-dealkylation sites (N-methyl/N-ethyl adjacent to an activating group) is 1. The fraction of sp³-hybridized carbons (Fsp3) is 0.412. The summed E-state index contributed by atoms with van der Waals surface area (Å²) in [6, 6.07) is 3.58. The van der Waals surface area contributed by atoms with Crippen LogP contribution in [0.2, 0.25) is 0 Å². The lowest BCUT2D eigenvalue weighted by Gasteiger charge is -2.18. The fourth-order valence-corrected chi connectivity index (χ4v) is 2.46. The Labute approximate surface area is 141 Å². The third kappa shape index (κ3) is 3.98. The van der Waals surface area contributed by atoms with E-state index in [0.717, 1.165) is 11.1 Å². The molecule has 0 aliphatic rings. The van der Waals surface area contributed by atoms with Crippen molar-refractivity contribution in [1.82, 2.24) is 14.7 Å². The molecule has 2 rings (SSSR count). The largest absolute Gasteiger partial charge is 0.493 e. The number of nitrogens with zero attached hydrogens (tertiary/aromatic N) is 3. The highest BCUT2D eigenvalue weighted by atomic mass is 16.5. The molecule has 7 heteroatoms. The molecule has 1 aromatic carbocycles. The average Bonchev–Trinajstić information content (AvgIpc) is 2.98. The van der Waals surface area contributed by atoms with Gasteiger partial charge in [0.2, 0.25) is 11.7 Å². The van der Waals surface area contributed by atoms with Gasteiger partial charge in [0.25, 0.3) is 0 Å². The maximum absolute atomic E-state index is 12.5. The van der Waals surface area contributed by atoms with Crippen molar-refractivity contribution in [3.63, 3.8) is 0 Å². The van der Waals surface area contributed by atoms with Crippen LogP contribution in [-0.4, -0.2) is 49.0 Å². The van der Waals surface area contributed by atoms with Crippen LogP contribution < -0.4 is 14.2 Å². The number of methoxy groups -OCH3 is 3. The monoisotopic (exact) mass is 333 g/mol. The van der Waals surface area contributed by atoms with Crippen molar-refractivity contribution < 1.29 is 19.0 Å². The summed E-state index contributed by atoms with van der Waals surface area (Å²) in [5.41, 5.74) is 1.78. The molecule has 0 radical (unpaired) electrons. The highest BCUT2D eigenvalue weighted by Gasteiger charge is 2.17. The average molecular weight is 333 g/mol. The number of amides is 1. The van der Waals surface area contributed by atoms with E-state index in [2.05, 4.69) is 5.10 Å². The van der Waals surface area contributed by atoms with E-state index < -0.39 is 0 Å². The molecule has 0 N–H and O–H groups in total. The third-order valence-electron chi connectivity index (χ3n) is 3.68. The number of benzene rings is 1. The number of hydrogen-bond acceptors (Lipinski definition) is 5. The molecule has 1 heterocycles. The maximum Gasteiger partial charge on any atom is 0.227 e. The first-order valence-corrected chi connectivity index (χ1v) is 7.48. The zero-order chi connectivity index (χ0) is 17.7. The molecule has 0 saturated carbocycles. The molecule has 1 amide bonds. The third-order valence-corrected chi connectivity index (χ3v) is 3.68. The summed E-state index contributed by atoms with van der Waals surface area (Å²) in [6.45, 7) is 0.511. The van der Waals surface area contributed by atoms with Crippen molar-refractivity contribution in [1.29, 1.82) is 0 Å². The predicted octanol–water partition coefficient (Wildman–Crippen LogP) is 1.65. The van der Waals surface area contributed by atoms with Crippen molar-refractivity contribution in [3.8, 4) is 17.2 Å². The second-order valence-electron chi connectivity index (χ2n) is 5.48. The molecule has 0 atom stereocenters. The maximum atomic E-state index is 12.5. The number of rotatable bonds is 7. The van der Waals surface area contributed by atoms with Gasteiger partial charge in [-0.1, -0.05) is 0 Å². The molecule has 24 heavy (non-hydrogen) atoms. The quantitative estimate of drug-likeness (QED) is 0.771. The van der Waals surface area contributed by atoms with Gasteiger partial charge in [-0.15, -0.1) is 0 Å². The van der Waals surface area contributed by atoms with Gasteiger partial charge < -0.3 is 19.1 Å². The molecular formula is C17H23N3O4. The number of carbonyl (C=O) groups is 1. The minimum atomic E-state index is -0.00636. The van der Waals surface area contributed by atoms with Gasteiger partial charge in [-0.25, -0.2) is 0 Å². The second-order valence-corrected chi connectivity index (χ2v) is 5.48. The van der Waals surface area contributed by atoms with Crippen LogP contribution in [0, 0.1) is 0 Å². The number of aryl methyl sites for hydroxylation is 1. The first kappa shape index (κ1) is 17.7. The van der Waals surface area contributed by atoms with E-state index in [9.17, 15) is 4.79 Å². The van der Waals surface area contributed by atoms with Crippen LogP contribution >= 0.6 is 0 Å². The van der Waals surface area contributed by atoms with Crippen LogP contribution in [0.15, 0.2) is 24.5 Å². The van der Waals surface area contributed by atoms with Gasteiger partial charge >= 0.3 is 0 Å². The molecule has 0 fully saturated rings. The molecule has 130 valence electrons. The van der Waals surface area contributed by atoms with Gasteiger partial charge in [-0.3, -0.25) is 9.48 Å². The van der Waals surface area contributed by atoms with Crippen molar-refractivity contribution in [3.05, 3.63) is 35.7 Å². The van der Waals surface area contributed by atoms with Crippen molar-refractivity contribution in [2.45, 2.75) is 13.0 Å². The molecular weight excluding hydrogens is 310 g/mol. The van der Waals surface area contributed by atoms with Crippen LogP contribution in [-0.2, 0) is 24.8 Å². The van der Waals surface area contributed by atoms with Crippen molar-refractivity contribution in [2.75, 3.05) is 28.4 Å². The lowest BCUT2D eigenvalue weighted by Crippen LogP contribution is -2.27. The first-order chi connectivity index (χ1) is 11.5. The van der Waals surface area contributed by atoms with Crippen LogP contribution in [0.25, 0.3) is 0 Å². The molecule has 0 aliphatic carbocycles. The summed E-state index contributed by atoms with van der Waals surface area (Å²) in [5, 5.41) is 4.11. The Morgan fingerprint density at radius 3 is 2.21 bits per heavy atom. The highest BCUT2D eigenvalue weighted by molar-refractivity contribution is 5.79. The SMILES string of the molecule is COc1cc(CC(=O)N(C)Cc2cnn(C)c2)cc(OC)c1OC. The van der Waals surface area contributed by atoms with Gasteiger partial charge in [-0.2, -0.15) is 5.10 Å². The van der Waals surface area contributed by atoms with E-state index in [-0.39, 0.29) is 12.3 Å². The van der Waals surface area contributed by atoms with Crippen LogP contribution in [0.1, 0.15) is 11.1 Å². The summed E-state index contributed by atoms with van der Waals surface area (Å²) in [4.78, 5) is 14.1. The van der Waals surface area contributed by atoms with E-state index in [1.165, 1.54) is 0 Å². The van der Waals surface area contributed by atoms with E-state index in [1.54, 1.807) is 56.3 Å². The lowest BCUT2D eigenvalue weighted by atomic mass is 10.1. The summed E-state index contributed by atoms with van der Waals surface area (Å²) < 4.78 is 17.6. The van der Waals surface area contributed by atoms with E-state index in [1.807, 2.05) is 13.2 Å². The normalized spacial score (nSPS) is 10.4. The number of ether oxygens (including phenoxy) is 3. The minimum Gasteiger partial charge on any atom is -0.493 e. The predicted molar refractivity (Wildman–Crippen MR) is 89.5 cm³/mol. The number of carbonyl (C=O) groups excluding carboxylic acids is 1. The molecule has 0 aliphatic heterocycles. The van der Waals surface area contributed by atoms with Crippen molar-refractivity contribution >= 4 is 5.91 Å². The summed E-state index contributed by atoms with van der Waals surface area (Å²) in [6.07, 6.45) is 3.89. The standard InChI is InChI=1S/C17H23N3O4/c1-19(10-13-9-18-20(2)11-13)16(21)8-12-6-14(22-3)17(24-5)15(7-12)23-4/h6-7,9,11H,8,10H2,1-5H3. The second kappa shape index (κ2) is 7.72. The summed E-state index contributed by atoms with van der Waals surface area (Å²) in [5.74, 6) is 1.58. The molecule has 7 nitrogen and oxygen atoms in total. The van der Waals surface area contributed by atoms with Gasteiger partial charge in [0, 0.05) is 32.4 Å². The van der Waals surface area contributed by atoms with E-state index in [0.29, 0.717) is 23.8 Å². The lowest BCUT2D eigenvalue weighted by molar-refractivity contribution is -0.129. The molecule has 0 spiro atoms.